The van der Waals surface area contributed by atoms with Crippen molar-refractivity contribution in [1.82, 2.24) is 0 Å². The number of hydrogen-bond acceptors (Lipinski definition) is 3. The molecule has 2 rings (SSSR count). The fraction of sp³-hybridized carbons (Fsp3) is 0.500. The molecular weight excluding hydrogens is 342 g/mol. The predicted octanol–water partition coefficient (Wildman–Crippen LogP) is 2.79. The number of hydrogen-bond donors (Lipinski definition) is 1. The van der Waals surface area contributed by atoms with E-state index >= 15 is 0 Å². The monoisotopic (exact) mass is 359 g/mol. The van der Waals surface area contributed by atoms with Crippen molar-refractivity contribution in [2.24, 2.45) is 0 Å². The van der Waals surface area contributed by atoms with E-state index in [0.717, 1.165) is 16.8 Å². The number of sulfone groups is 1. The first kappa shape index (κ1) is 15.5. The minimum Gasteiger partial charge on any atom is -0.325 e. The van der Waals surface area contributed by atoms with Gasteiger partial charge in [0.2, 0.25) is 5.91 Å². The lowest BCUT2D eigenvalue weighted by molar-refractivity contribution is -0.119. The number of carbonyl (C=O) groups excluding carboxylic acids is 1. The second kappa shape index (κ2) is 4.84. The number of amides is 1. The lowest BCUT2D eigenvalue weighted by Gasteiger charge is -2.20. The van der Waals surface area contributed by atoms with E-state index in [-0.39, 0.29) is 10.7 Å². The molecule has 0 aromatic heterocycles. The Labute approximate surface area is 128 Å². The van der Waals surface area contributed by atoms with E-state index in [4.69, 9.17) is 0 Å². The van der Waals surface area contributed by atoms with Gasteiger partial charge in [0.25, 0.3) is 0 Å². The number of benzene rings is 1. The van der Waals surface area contributed by atoms with Gasteiger partial charge in [0.15, 0.2) is 9.84 Å². The number of nitrogens with one attached hydrogen (secondary N) is 1. The molecule has 6 heteroatoms. The topological polar surface area (TPSA) is 63.2 Å². The van der Waals surface area contributed by atoms with Crippen LogP contribution >= 0.6 is 15.9 Å². The first-order valence-corrected chi connectivity index (χ1v) is 9.21. The normalized spacial score (nSPS) is 20.1. The molecular formula is C14H18BrNO3S. The van der Waals surface area contributed by atoms with Gasteiger partial charge in [0.05, 0.1) is 15.5 Å². The third kappa shape index (κ3) is 2.51. The minimum absolute atomic E-state index is 0.0352. The van der Waals surface area contributed by atoms with Crippen LogP contribution in [0.4, 0.5) is 5.69 Å². The summed E-state index contributed by atoms with van der Waals surface area (Å²) in [6, 6.07) is 5.59. The fourth-order valence-electron chi connectivity index (χ4n) is 2.25. The van der Waals surface area contributed by atoms with Crippen LogP contribution in [0.15, 0.2) is 18.2 Å². The number of alkyl halides is 1. The molecule has 1 amide bonds. The summed E-state index contributed by atoms with van der Waals surface area (Å²) in [5.41, 5.74) is 1.98. The summed E-state index contributed by atoms with van der Waals surface area (Å²) in [6.07, 6.45) is 1.23. The first-order valence-electron chi connectivity index (χ1n) is 6.34. The molecule has 2 unspecified atom stereocenters. The van der Waals surface area contributed by atoms with Crippen LogP contribution in [0.5, 0.6) is 0 Å². The lowest BCUT2D eigenvalue weighted by Crippen LogP contribution is -2.27. The maximum Gasteiger partial charge on any atom is 0.234 e. The van der Waals surface area contributed by atoms with E-state index in [9.17, 15) is 13.2 Å². The van der Waals surface area contributed by atoms with Crippen LogP contribution in [0.3, 0.4) is 0 Å². The standard InChI is InChI=1S/C14H18BrNO3S/c1-8(20(4,18)19)12(15)9-5-6-11-10(7-9)14(2,3)13(17)16-11/h5-8,12H,1-4H3,(H,16,17). The van der Waals surface area contributed by atoms with Crippen molar-refractivity contribution >= 4 is 37.4 Å². The quantitative estimate of drug-likeness (QED) is 0.844. The molecule has 0 saturated heterocycles. The van der Waals surface area contributed by atoms with Crippen molar-refractivity contribution in [2.45, 2.75) is 36.3 Å². The Balaban J connectivity index is 2.43. The van der Waals surface area contributed by atoms with E-state index in [1.54, 1.807) is 6.92 Å². The maximum absolute atomic E-state index is 11.9. The Morgan fingerprint density at radius 3 is 2.45 bits per heavy atom. The average Bonchev–Trinajstić information content (AvgIpc) is 2.57. The van der Waals surface area contributed by atoms with Gasteiger partial charge in [-0.3, -0.25) is 4.79 Å². The molecule has 0 aliphatic carbocycles. The zero-order valence-electron chi connectivity index (χ0n) is 11.9. The predicted molar refractivity (Wildman–Crippen MR) is 84.1 cm³/mol. The van der Waals surface area contributed by atoms with E-state index < -0.39 is 20.5 Å². The van der Waals surface area contributed by atoms with Gasteiger partial charge in [-0.1, -0.05) is 28.1 Å². The maximum atomic E-state index is 11.9. The van der Waals surface area contributed by atoms with Gasteiger partial charge in [-0.2, -0.15) is 0 Å². The number of fused-ring (bicyclic) bond motifs is 1. The lowest BCUT2D eigenvalue weighted by atomic mass is 9.85. The molecule has 1 aliphatic heterocycles. The highest BCUT2D eigenvalue weighted by Crippen LogP contribution is 2.40. The van der Waals surface area contributed by atoms with Crippen LogP contribution in [0.2, 0.25) is 0 Å². The summed E-state index contributed by atoms with van der Waals surface area (Å²) in [4.78, 5) is 11.6. The molecule has 20 heavy (non-hydrogen) atoms. The fourth-order valence-corrected chi connectivity index (χ4v) is 4.30. The van der Waals surface area contributed by atoms with Gasteiger partial charge in [0.1, 0.15) is 0 Å². The number of carbonyl (C=O) groups is 1. The Hall–Kier alpha value is -0.880. The van der Waals surface area contributed by atoms with Gasteiger partial charge >= 0.3 is 0 Å². The van der Waals surface area contributed by atoms with E-state index in [1.165, 1.54) is 6.26 Å². The molecule has 0 radical (unpaired) electrons. The Kier molecular flexibility index (Phi) is 3.75. The largest absolute Gasteiger partial charge is 0.325 e. The van der Waals surface area contributed by atoms with Crippen LogP contribution in [0, 0.1) is 0 Å². The molecule has 1 aromatic carbocycles. The van der Waals surface area contributed by atoms with E-state index in [1.807, 2.05) is 32.0 Å². The summed E-state index contributed by atoms with van der Waals surface area (Å²) in [7, 11) is -3.13. The minimum atomic E-state index is -3.13. The number of anilines is 1. The molecule has 0 bridgehead atoms. The summed E-state index contributed by atoms with van der Waals surface area (Å²) < 4.78 is 23.3. The molecule has 4 nitrogen and oxygen atoms in total. The van der Waals surface area contributed by atoms with Gasteiger partial charge in [0, 0.05) is 11.9 Å². The zero-order valence-corrected chi connectivity index (χ0v) is 14.3. The molecule has 0 spiro atoms. The van der Waals surface area contributed by atoms with Crippen molar-refractivity contribution in [3.8, 4) is 0 Å². The van der Waals surface area contributed by atoms with Gasteiger partial charge in [-0.25, -0.2) is 8.42 Å². The summed E-state index contributed by atoms with van der Waals surface area (Å²) >= 11 is 3.46. The first-order chi connectivity index (χ1) is 9.05. The smallest absolute Gasteiger partial charge is 0.234 e. The zero-order chi connectivity index (χ0) is 15.3. The molecule has 0 fully saturated rings. The summed E-state index contributed by atoms with van der Waals surface area (Å²) in [5, 5.41) is 2.31. The Morgan fingerprint density at radius 2 is 1.90 bits per heavy atom. The van der Waals surface area contributed by atoms with Crippen molar-refractivity contribution in [3.63, 3.8) is 0 Å². The number of halogens is 1. The second-order valence-corrected chi connectivity index (χ2v) is 9.21. The number of rotatable bonds is 3. The molecule has 110 valence electrons. The van der Waals surface area contributed by atoms with Crippen LogP contribution in [-0.4, -0.2) is 25.8 Å². The average molecular weight is 360 g/mol. The molecule has 0 saturated carbocycles. The summed E-state index contributed by atoms with van der Waals surface area (Å²) in [5.74, 6) is -0.0352. The second-order valence-electron chi connectivity index (χ2n) is 5.82. The van der Waals surface area contributed by atoms with Crippen LogP contribution in [0.25, 0.3) is 0 Å². The van der Waals surface area contributed by atoms with Gasteiger partial charge in [-0.15, -0.1) is 0 Å². The van der Waals surface area contributed by atoms with Crippen molar-refractivity contribution in [3.05, 3.63) is 29.3 Å². The Bertz CT molecular complexity index is 667. The molecule has 1 aromatic rings. The highest BCUT2D eigenvalue weighted by molar-refractivity contribution is 9.09. The molecule has 1 heterocycles. The van der Waals surface area contributed by atoms with Crippen molar-refractivity contribution in [2.75, 3.05) is 11.6 Å². The van der Waals surface area contributed by atoms with E-state index in [0.29, 0.717) is 0 Å². The SMILES string of the molecule is CC(C(Br)c1ccc2c(c1)C(C)(C)C(=O)N2)S(C)(=O)=O. The highest BCUT2D eigenvalue weighted by Gasteiger charge is 2.39. The summed E-state index contributed by atoms with van der Waals surface area (Å²) in [6.45, 7) is 5.40. The molecule has 2 atom stereocenters. The van der Waals surface area contributed by atoms with Crippen LogP contribution in [0.1, 0.15) is 36.7 Å². The highest BCUT2D eigenvalue weighted by atomic mass is 79.9. The molecule has 1 N–H and O–H groups in total. The van der Waals surface area contributed by atoms with Crippen molar-refractivity contribution < 1.29 is 13.2 Å². The van der Waals surface area contributed by atoms with E-state index in [2.05, 4.69) is 21.2 Å². The third-order valence-electron chi connectivity index (χ3n) is 3.94. The third-order valence-corrected chi connectivity index (χ3v) is 7.23. The molecule has 1 aliphatic rings. The van der Waals surface area contributed by atoms with Gasteiger partial charge < -0.3 is 5.32 Å². The Morgan fingerprint density at radius 1 is 1.30 bits per heavy atom. The van der Waals surface area contributed by atoms with Crippen LogP contribution < -0.4 is 5.32 Å². The van der Waals surface area contributed by atoms with Crippen LogP contribution in [-0.2, 0) is 20.0 Å². The van der Waals surface area contributed by atoms with Crippen molar-refractivity contribution in [1.29, 1.82) is 0 Å². The van der Waals surface area contributed by atoms with Gasteiger partial charge in [-0.05, 0) is 38.0 Å².